The number of nitrogens with one attached hydrogen (secondary N) is 4. The lowest BCUT2D eigenvalue weighted by Crippen LogP contribution is -2.51. The van der Waals surface area contributed by atoms with Crippen molar-refractivity contribution in [1.29, 1.82) is 0 Å². The minimum atomic E-state index is -0.442. The van der Waals surface area contributed by atoms with Crippen LogP contribution in [-0.4, -0.2) is 95.1 Å². The van der Waals surface area contributed by atoms with Gasteiger partial charge in [-0.25, -0.2) is 15.0 Å². The number of benzene rings is 3. The summed E-state index contributed by atoms with van der Waals surface area (Å²) in [4.78, 5) is 58.3. The molecule has 0 unspecified atom stereocenters. The molecule has 356 valence electrons. The maximum atomic E-state index is 13.7. The zero-order valence-electron chi connectivity index (χ0n) is 38.1. The van der Waals surface area contributed by atoms with Crippen LogP contribution in [0.3, 0.4) is 0 Å². The summed E-state index contributed by atoms with van der Waals surface area (Å²) in [6.07, 6.45) is 8.04. The number of carbonyl (C=O) groups excluding carboxylic acids is 3. The number of hydrazone groups is 2. The second kappa shape index (κ2) is 20.2. The van der Waals surface area contributed by atoms with Gasteiger partial charge in [-0.3, -0.25) is 19.8 Å². The molecule has 4 aromatic heterocycles. The molecule has 2 fully saturated rings. The van der Waals surface area contributed by atoms with Gasteiger partial charge in [0.25, 0.3) is 11.8 Å². The number of piperazine rings is 1. The lowest BCUT2D eigenvalue weighted by molar-refractivity contribution is -0.112. The molecule has 16 nitrogen and oxygen atoms in total. The highest BCUT2D eigenvalue weighted by Crippen LogP contribution is 2.35. The van der Waals surface area contributed by atoms with Gasteiger partial charge in [-0.2, -0.15) is 15.2 Å². The van der Waals surface area contributed by atoms with Crippen molar-refractivity contribution in [3.63, 3.8) is 0 Å². The number of fused-ring (bicyclic) bond motifs is 4. The molecule has 3 aromatic carbocycles. The Labute approximate surface area is 416 Å². The van der Waals surface area contributed by atoms with Crippen molar-refractivity contribution in [3.05, 3.63) is 135 Å². The number of ether oxygens (including phenoxy) is 1. The van der Waals surface area contributed by atoms with Crippen LogP contribution >= 0.6 is 34.0 Å². The van der Waals surface area contributed by atoms with Crippen LogP contribution < -0.4 is 37.0 Å². The molecule has 2 bridgehead atoms. The normalized spacial score (nSPS) is 19.1. The number of rotatable bonds is 16. The highest BCUT2D eigenvalue weighted by Gasteiger charge is 2.36. The number of nitrogens with two attached hydrogens (primary N) is 1. The van der Waals surface area contributed by atoms with Crippen molar-refractivity contribution >= 4 is 95.0 Å². The van der Waals surface area contributed by atoms with E-state index >= 15 is 0 Å². The number of anilines is 4. The summed E-state index contributed by atoms with van der Waals surface area (Å²) >= 11 is 3.76. The second-order valence-electron chi connectivity index (χ2n) is 17.8. The fraction of sp³-hybridized carbons (Fsp3) is 0.294. The van der Waals surface area contributed by atoms with E-state index in [-0.39, 0.29) is 23.6 Å². The number of thiophene rings is 1. The molecule has 1 aliphatic carbocycles. The molecule has 0 saturated carbocycles. The fourth-order valence-corrected chi connectivity index (χ4v) is 12.0. The summed E-state index contributed by atoms with van der Waals surface area (Å²) in [5, 5.41) is 23.6. The Morgan fingerprint density at radius 1 is 0.886 bits per heavy atom. The van der Waals surface area contributed by atoms with Crippen LogP contribution in [0.5, 0.6) is 0 Å². The number of amides is 3. The lowest BCUT2D eigenvalue weighted by atomic mass is 9.87. The SMILES string of the molecule is Nc1c(C(=O)N[C@H]2CCc3cc(N4C[C@H]5CC[C@@H](C4)N5)ccc3C2)sc2nc(CCCOCCNC(=O)c3cnc(N/N=C4/C(=O)N(c5nc(-c6ccccc6)cs5)N=C4c4ccccc4)s3)ccc12. The van der Waals surface area contributed by atoms with Gasteiger partial charge >= 0.3 is 5.91 Å². The summed E-state index contributed by atoms with van der Waals surface area (Å²) in [5.41, 5.74) is 17.6. The van der Waals surface area contributed by atoms with E-state index in [4.69, 9.17) is 15.5 Å². The molecule has 0 radical (unpaired) electrons. The van der Waals surface area contributed by atoms with Crippen molar-refractivity contribution in [1.82, 2.24) is 30.9 Å². The van der Waals surface area contributed by atoms with Gasteiger partial charge in [-0.1, -0.05) is 78.1 Å². The number of hydrogen-bond acceptors (Lipinski definition) is 16. The van der Waals surface area contributed by atoms with Crippen LogP contribution in [0.2, 0.25) is 0 Å². The quantitative estimate of drug-likeness (QED) is 0.0481. The number of pyridine rings is 1. The minimum Gasteiger partial charge on any atom is -0.397 e. The third-order valence-electron chi connectivity index (χ3n) is 13.0. The van der Waals surface area contributed by atoms with Crippen molar-refractivity contribution in [3.8, 4) is 11.3 Å². The molecule has 6 N–H and O–H groups in total. The van der Waals surface area contributed by atoms with E-state index < -0.39 is 5.91 Å². The van der Waals surface area contributed by atoms with Crippen LogP contribution in [0.25, 0.3) is 21.5 Å². The summed E-state index contributed by atoms with van der Waals surface area (Å²) in [6, 6.07) is 31.1. The van der Waals surface area contributed by atoms with E-state index in [2.05, 4.69) is 64.6 Å². The molecule has 3 atom stereocenters. The van der Waals surface area contributed by atoms with Gasteiger partial charge < -0.3 is 31.3 Å². The van der Waals surface area contributed by atoms with Crippen LogP contribution in [-0.2, 0) is 28.8 Å². The van der Waals surface area contributed by atoms with E-state index in [1.54, 1.807) is 0 Å². The Morgan fingerprint density at radius 3 is 2.50 bits per heavy atom. The van der Waals surface area contributed by atoms with E-state index in [0.29, 0.717) is 75.2 Å². The molecular formula is C51H50N12O4S3. The largest absolute Gasteiger partial charge is 0.397 e. The molecule has 11 rings (SSSR count). The topological polar surface area (TPSA) is 204 Å². The second-order valence-corrected chi connectivity index (χ2v) is 20.7. The maximum Gasteiger partial charge on any atom is 0.303 e. The Kier molecular flexibility index (Phi) is 13.1. The predicted octanol–water partition coefficient (Wildman–Crippen LogP) is 7.28. The molecule has 0 spiro atoms. The fourth-order valence-electron chi connectivity index (χ4n) is 9.50. The number of thiazole rings is 2. The van der Waals surface area contributed by atoms with Crippen molar-refractivity contribution < 1.29 is 19.1 Å². The van der Waals surface area contributed by atoms with Gasteiger partial charge in [0, 0.05) is 77.6 Å². The summed E-state index contributed by atoms with van der Waals surface area (Å²) in [5.74, 6) is -0.887. The molecular weight excluding hydrogens is 941 g/mol. The number of aryl methyl sites for hydroxylation is 2. The van der Waals surface area contributed by atoms with Gasteiger partial charge in [-0.15, -0.1) is 22.7 Å². The number of hydrogen-bond donors (Lipinski definition) is 5. The van der Waals surface area contributed by atoms with Gasteiger partial charge in [0.2, 0.25) is 10.3 Å². The first-order valence-corrected chi connectivity index (χ1v) is 26.1. The summed E-state index contributed by atoms with van der Waals surface area (Å²) in [6.45, 7) is 3.26. The monoisotopic (exact) mass is 990 g/mol. The van der Waals surface area contributed by atoms with E-state index in [0.717, 1.165) is 77.3 Å². The molecule has 4 aliphatic rings. The third-order valence-corrected chi connectivity index (χ3v) is 15.9. The van der Waals surface area contributed by atoms with Crippen LogP contribution in [0.15, 0.2) is 113 Å². The predicted molar refractivity (Wildman–Crippen MR) is 279 cm³/mol. The number of aromatic nitrogens is 3. The van der Waals surface area contributed by atoms with E-state index in [1.165, 1.54) is 63.5 Å². The van der Waals surface area contributed by atoms with E-state index in [9.17, 15) is 14.4 Å². The van der Waals surface area contributed by atoms with Crippen LogP contribution in [0.4, 0.5) is 21.6 Å². The number of nitrogen functional groups attached to an aromatic ring is 1. The number of carbonyl (C=O) groups is 3. The first kappa shape index (κ1) is 45.5. The summed E-state index contributed by atoms with van der Waals surface area (Å²) in [7, 11) is 0. The van der Waals surface area contributed by atoms with Crippen molar-refractivity contribution in [2.45, 2.75) is 63.1 Å². The Morgan fingerprint density at radius 2 is 1.69 bits per heavy atom. The van der Waals surface area contributed by atoms with E-state index in [1.807, 2.05) is 78.2 Å². The number of nitrogens with zero attached hydrogens (tertiary/aromatic N) is 7. The smallest absolute Gasteiger partial charge is 0.303 e. The average molecular weight is 991 g/mol. The van der Waals surface area contributed by atoms with Gasteiger partial charge in [0.15, 0.2) is 5.71 Å². The maximum absolute atomic E-state index is 13.7. The average Bonchev–Trinajstić information content (AvgIpc) is 4.25. The van der Waals surface area contributed by atoms with Gasteiger partial charge in [-0.05, 0) is 80.3 Å². The molecule has 3 aliphatic heterocycles. The first-order valence-electron chi connectivity index (χ1n) is 23.6. The van der Waals surface area contributed by atoms with Gasteiger partial charge in [0.05, 0.1) is 24.2 Å². The molecule has 19 heteroatoms. The Balaban J connectivity index is 0.623. The van der Waals surface area contributed by atoms with Gasteiger partial charge in [0.1, 0.15) is 20.3 Å². The van der Waals surface area contributed by atoms with Crippen LogP contribution in [0.1, 0.15) is 67.4 Å². The zero-order chi connectivity index (χ0) is 47.6. The van der Waals surface area contributed by atoms with Crippen molar-refractivity contribution in [2.24, 2.45) is 10.2 Å². The zero-order valence-corrected chi connectivity index (χ0v) is 40.5. The summed E-state index contributed by atoms with van der Waals surface area (Å²) < 4.78 is 5.83. The molecule has 2 saturated heterocycles. The molecule has 3 amide bonds. The third kappa shape index (κ3) is 9.80. The molecule has 7 heterocycles. The molecule has 70 heavy (non-hydrogen) atoms. The first-order chi connectivity index (χ1) is 34.3. The minimum absolute atomic E-state index is 0.0469. The van der Waals surface area contributed by atoms with Crippen LogP contribution in [0, 0.1) is 0 Å². The Hall–Kier alpha value is -6.90. The highest BCUT2D eigenvalue weighted by atomic mass is 32.1. The highest BCUT2D eigenvalue weighted by molar-refractivity contribution is 7.21. The lowest BCUT2D eigenvalue weighted by Gasteiger charge is -2.35. The standard InChI is InChI=1S/C51H50N12O4S3/c52-42-39-20-18-34(57-48(39)70-45(42)47(65)56-35-15-13-33-25-38(19-14-32(33)24-35)62-27-36-16-17-37(28-62)55-36)12-7-22-67-23-21-53-46(64)41-26-54-50(69-41)60-59-44-43(31-10-5-2-6-11-31)61-63(49(44)66)51-58-40(29-68-51)30-8-3-1-4-9-30/h1-6,8-11,14,18-20,25-26,29,35-37,55H,7,12-13,15-17,21-24,27-28,52H2,(H,53,64)(H,54,60)(H,56,65)/b59-44+/t35-,36-,37+/m0/s1. The Bertz CT molecular complexity index is 3120. The van der Waals surface area contributed by atoms with Crippen molar-refractivity contribution in [2.75, 3.05) is 53.9 Å². The molecule has 7 aromatic rings.